The molecule has 0 bridgehead atoms. The Bertz CT molecular complexity index is 1620. The Kier molecular flexibility index (Phi) is 6.90. The SMILES string of the molecule is CC(C)(C)OC(=O)N1CCN(c2nc(-c3ccnc(NC4CC4)c3)c(-c3cccc(C(F)(F)F)c3)c3nncn23)CC1. The maximum atomic E-state index is 13.7. The van der Waals surface area contributed by atoms with Crippen molar-refractivity contribution >= 4 is 23.5 Å². The van der Waals surface area contributed by atoms with Gasteiger partial charge in [0.25, 0.3) is 0 Å². The fourth-order valence-electron chi connectivity index (χ4n) is 4.93. The van der Waals surface area contributed by atoms with Gasteiger partial charge < -0.3 is 19.9 Å². The maximum Gasteiger partial charge on any atom is 0.416 e. The lowest BCUT2D eigenvalue weighted by molar-refractivity contribution is -0.137. The van der Waals surface area contributed by atoms with E-state index in [9.17, 15) is 18.0 Å². The van der Waals surface area contributed by atoms with Crippen LogP contribution < -0.4 is 10.2 Å². The largest absolute Gasteiger partial charge is 0.444 e. The highest BCUT2D eigenvalue weighted by Gasteiger charge is 2.32. The number of carbonyl (C=O) groups is 1. The third kappa shape index (κ3) is 5.81. The van der Waals surface area contributed by atoms with Gasteiger partial charge in [-0.25, -0.2) is 14.8 Å². The Morgan fingerprint density at radius 1 is 1.02 bits per heavy atom. The van der Waals surface area contributed by atoms with Gasteiger partial charge in [-0.1, -0.05) is 12.1 Å². The molecule has 3 aromatic heterocycles. The van der Waals surface area contributed by atoms with E-state index >= 15 is 0 Å². The highest BCUT2D eigenvalue weighted by atomic mass is 19.4. The van der Waals surface area contributed by atoms with Crippen molar-refractivity contribution in [3.63, 3.8) is 0 Å². The molecule has 1 aromatic carbocycles. The quantitative estimate of drug-likeness (QED) is 0.330. The van der Waals surface area contributed by atoms with Crippen molar-refractivity contribution in [2.24, 2.45) is 0 Å². The summed E-state index contributed by atoms with van der Waals surface area (Å²) in [5.41, 5.74) is 0.893. The summed E-state index contributed by atoms with van der Waals surface area (Å²) in [6.07, 6.45) is 0.392. The molecule has 4 heterocycles. The van der Waals surface area contributed by atoms with Gasteiger partial charge in [0.05, 0.1) is 16.8 Å². The van der Waals surface area contributed by atoms with E-state index in [-0.39, 0.29) is 6.09 Å². The number of amides is 1. The minimum Gasteiger partial charge on any atom is -0.444 e. The molecule has 1 N–H and O–H groups in total. The zero-order valence-electron chi connectivity index (χ0n) is 23.5. The summed E-state index contributed by atoms with van der Waals surface area (Å²) in [6, 6.07) is 9.15. The first-order valence-corrected chi connectivity index (χ1v) is 13.8. The number of nitrogens with one attached hydrogen (secondary N) is 1. The maximum absolute atomic E-state index is 13.7. The summed E-state index contributed by atoms with van der Waals surface area (Å²) in [4.78, 5) is 25.8. The van der Waals surface area contributed by atoms with E-state index in [2.05, 4.69) is 20.5 Å². The molecule has 1 aliphatic heterocycles. The molecule has 4 aromatic rings. The first-order valence-electron chi connectivity index (χ1n) is 13.8. The van der Waals surface area contributed by atoms with Crippen molar-refractivity contribution < 1.29 is 22.7 Å². The van der Waals surface area contributed by atoms with Gasteiger partial charge in [0.1, 0.15) is 17.7 Å². The molecule has 1 aliphatic carbocycles. The summed E-state index contributed by atoms with van der Waals surface area (Å²) in [5.74, 6) is 1.19. The number of piperazine rings is 1. The Hall–Kier alpha value is -4.42. The number of hydrogen-bond acceptors (Lipinski definition) is 8. The molecule has 0 radical (unpaired) electrons. The van der Waals surface area contributed by atoms with E-state index < -0.39 is 17.3 Å². The number of nitrogens with zero attached hydrogens (tertiary/aromatic N) is 7. The van der Waals surface area contributed by atoms with E-state index in [4.69, 9.17) is 9.72 Å². The average Bonchev–Trinajstić information content (AvgIpc) is 3.62. The predicted octanol–water partition coefficient (Wildman–Crippen LogP) is 5.50. The van der Waals surface area contributed by atoms with Gasteiger partial charge in [-0.3, -0.25) is 4.40 Å². The molecule has 1 saturated carbocycles. The van der Waals surface area contributed by atoms with Crippen LogP contribution in [0.3, 0.4) is 0 Å². The number of pyridine rings is 1. The average molecular weight is 581 g/mol. The molecule has 6 rings (SSSR count). The second-order valence-electron chi connectivity index (χ2n) is 11.5. The lowest BCUT2D eigenvalue weighted by Crippen LogP contribution is -2.50. The summed E-state index contributed by atoms with van der Waals surface area (Å²) >= 11 is 0. The summed E-state index contributed by atoms with van der Waals surface area (Å²) in [7, 11) is 0. The molecular weight excluding hydrogens is 549 g/mol. The summed E-state index contributed by atoms with van der Waals surface area (Å²) in [6.45, 7) is 7.23. The second-order valence-corrected chi connectivity index (χ2v) is 11.5. The van der Waals surface area contributed by atoms with Gasteiger partial charge in [-0.2, -0.15) is 13.2 Å². The van der Waals surface area contributed by atoms with Crippen molar-refractivity contribution in [2.45, 2.75) is 51.4 Å². The van der Waals surface area contributed by atoms with Crippen molar-refractivity contribution in [1.82, 2.24) is 29.5 Å². The molecule has 220 valence electrons. The number of benzene rings is 1. The van der Waals surface area contributed by atoms with Crippen molar-refractivity contribution in [3.8, 4) is 22.4 Å². The van der Waals surface area contributed by atoms with Crippen LogP contribution in [0.2, 0.25) is 0 Å². The van der Waals surface area contributed by atoms with Crippen molar-refractivity contribution in [2.75, 3.05) is 36.4 Å². The van der Waals surface area contributed by atoms with Crippen LogP contribution >= 0.6 is 0 Å². The number of alkyl halides is 3. The first-order chi connectivity index (χ1) is 20.0. The van der Waals surface area contributed by atoms with Crippen LogP contribution in [0.25, 0.3) is 28.0 Å². The molecule has 2 aliphatic rings. The fraction of sp³-hybridized carbons (Fsp3) is 0.414. The first kappa shape index (κ1) is 27.7. The van der Waals surface area contributed by atoms with Crippen LogP contribution in [-0.4, -0.2) is 73.4 Å². The number of ether oxygens (including phenoxy) is 1. The van der Waals surface area contributed by atoms with Gasteiger partial charge in [0.2, 0.25) is 5.95 Å². The molecule has 1 amide bonds. The minimum atomic E-state index is -4.51. The number of hydrogen-bond donors (Lipinski definition) is 1. The monoisotopic (exact) mass is 580 g/mol. The van der Waals surface area contributed by atoms with Gasteiger partial charge >= 0.3 is 12.3 Å². The van der Waals surface area contributed by atoms with Crippen molar-refractivity contribution in [3.05, 3.63) is 54.5 Å². The third-order valence-electron chi connectivity index (χ3n) is 7.09. The molecule has 10 nitrogen and oxygen atoms in total. The lowest BCUT2D eigenvalue weighted by atomic mass is 9.98. The normalized spacial score (nSPS) is 16.1. The Balaban J connectivity index is 1.44. The molecule has 0 unspecified atom stereocenters. The number of fused-ring (bicyclic) bond motifs is 1. The van der Waals surface area contributed by atoms with Gasteiger partial charge in [-0.05, 0) is 63.4 Å². The highest BCUT2D eigenvalue weighted by Crippen LogP contribution is 2.39. The number of aromatic nitrogens is 5. The zero-order chi connectivity index (χ0) is 29.6. The van der Waals surface area contributed by atoms with Gasteiger partial charge in [0.15, 0.2) is 5.65 Å². The second kappa shape index (κ2) is 10.4. The molecule has 2 fully saturated rings. The molecule has 42 heavy (non-hydrogen) atoms. The van der Waals surface area contributed by atoms with Gasteiger partial charge in [0, 0.05) is 44.0 Å². The fourth-order valence-corrected chi connectivity index (χ4v) is 4.93. The van der Waals surface area contributed by atoms with E-state index in [0.29, 0.717) is 72.0 Å². The van der Waals surface area contributed by atoms with Crippen LogP contribution in [-0.2, 0) is 10.9 Å². The molecule has 0 spiro atoms. The minimum absolute atomic E-state index is 0.320. The topological polar surface area (TPSA) is 101 Å². The van der Waals surface area contributed by atoms with Crippen LogP contribution in [0.1, 0.15) is 39.2 Å². The van der Waals surface area contributed by atoms with Gasteiger partial charge in [-0.15, -0.1) is 10.2 Å². The molecular formula is C29H31F3N8O2. The third-order valence-corrected chi connectivity index (χ3v) is 7.09. The number of rotatable bonds is 5. The Labute approximate surface area is 240 Å². The van der Waals surface area contributed by atoms with Crippen LogP contribution in [0.4, 0.5) is 29.7 Å². The van der Waals surface area contributed by atoms with E-state index in [1.54, 1.807) is 27.6 Å². The number of halogens is 3. The Morgan fingerprint density at radius 3 is 2.48 bits per heavy atom. The molecule has 13 heteroatoms. The smallest absolute Gasteiger partial charge is 0.416 e. The Morgan fingerprint density at radius 2 is 1.79 bits per heavy atom. The summed E-state index contributed by atoms with van der Waals surface area (Å²) in [5, 5.41) is 11.8. The zero-order valence-corrected chi connectivity index (χ0v) is 23.5. The predicted molar refractivity (Wildman–Crippen MR) is 151 cm³/mol. The van der Waals surface area contributed by atoms with E-state index in [1.807, 2.05) is 31.7 Å². The van der Waals surface area contributed by atoms with E-state index in [1.165, 1.54) is 12.4 Å². The standard InChI is InChI=1S/C29H31F3N8O2/c1-28(2,3)42-27(41)39-13-11-38(12-14-39)26-36-24(19-9-10-33-22(16-19)35-21-7-8-21)23(25-37-34-17-40(25)26)18-5-4-6-20(15-18)29(30,31)32/h4-6,9-10,15-17,21H,7-8,11-14H2,1-3H3,(H,33,35). The highest BCUT2D eigenvalue weighted by molar-refractivity contribution is 5.91. The number of carbonyl (C=O) groups excluding carboxylic acids is 1. The van der Waals surface area contributed by atoms with Crippen molar-refractivity contribution in [1.29, 1.82) is 0 Å². The molecule has 0 atom stereocenters. The van der Waals surface area contributed by atoms with Crippen LogP contribution in [0, 0.1) is 0 Å². The number of anilines is 2. The van der Waals surface area contributed by atoms with Crippen LogP contribution in [0.15, 0.2) is 48.9 Å². The molecule has 1 saturated heterocycles. The van der Waals surface area contributed by atoms with Crippen LogP contribution in [0.5, 0.6) is 0 Å². The summed E-state index contributed by atoms with van der Waals surface area (Å²) < 4.78 is 48.4. The lowest BCUT2D eigenvalue weighted by Gasteiger charge is -2.36. The van der Waals surface area contributed by atoms with E-state index in [0.717, 1.165) is 25.0 Å².